The fourth-order valence-corrected chi connectivity index (χ4v) is 1.81. The van der Waals surface area contributed by atoms with Crippen molar-refractivity contribution in [3.63, 3.8) is 0 Å². The molecule has 4 nitrogen and oxygen atoms in total. The Bertz CT molecular complexity index is 299. The zero-order chi connectivity index (χ0) is 12.5. The SMILES string of the molecule is CCCNC(CCOCC)Cc1nccn1C. The topological polar surface area (TPSA) is 39.1 Å². The normalized spacial score (nSPS) is 12.9. The molecule has 4 heteroatoms. The molecule has 1 atom stereocenters. The van der Waals surface area contributed by atoms with Crippen LogP contribution in [-0.2, 0) is 18.2 Å². The highest BCUT2D eigenvalue weighted by atomic mass is 16.5. The van der Waals surface area contributed by atoms with Gasteiger partial charge in [-0.2, -0.15) is 0 Å². The number of aryl methyl sites for hydroxylation is 1. The lowest BCUT2D eigenvalue weighted by Crippen LogP contribution is -2.33. The summed E-state index contributed by atoms with van der Waals surface area (Å²) in [6.45, 7) is 6.90. The predicted molar refractivity (Wildman–Crippen MR) is 70.1 cm³/mol. The summed E-state index contributed by atoms with van der Waals surface area (Å²) in [6, 6.07) is 0.461. The summed E-state index contributed by atoms with van der Waals surface area (Å²) in [5, 5.41) is 3.56. The number of hydrogen-bond acceptors (Lipinski definition) is 3. The van der Waals surface area contributed by atoms with Crippen molar-refractivity contribution in [1.29, 1.82) is 0 Å². The third-order valence-corrected chi connectivity index (χ3v) is 2.85. The zero-order valence-corrected chi connectivity index (χ0v) is 11.3. The molecule has 1 N–H and O–H groups in total. The minimum Gasteiger partial charge on any atom is -0.382 e. The Labute approximate surface area is 104 Å². The molecule has 0 fully saturated rings. The molecule has 0 spiro atoms. The van der Waals surface area contributed by atoms with Gasteiger partial charge in [-0.15, -0.1) is 0 Å². The number of rotatable bonds is 9. The number of nitrogens with zero attached hydrogens (tertiary/aromatic N) is 2. The van der Waals surface area contributed by atoms with Gasteiger partial charge in [0.2, 0.25) is 0 Å². The van der Waals surface area contributed by atoms with Crippen molar-refractivity contribution in [2.24, 2.45) is 7.05 Å². The molecule has 1 rings (SSSR count). The van der Waals surface area contributed by atoms with E-state index in [9.17, 15) is 0 Å². The standard InChI is InChI=1S/C13H25N3O/c1-4-7-14-12(6-10-17-5-2)11-13-15-8-9-16(13)3/h8-9,12,14H,4-7,10-11H2,1-3H3. The number of hydrogen-bond donors (Lipinski definition) is 1. The van der Waals surface area contributed by atoms with Crippen molar-refractivity contribution >= 4 is 0 Å². The van der Waals surface area contributed by atoms with Gasteiger partial charge in [0.05, 0.1) is 0 Å². The van der Waals surface area contributed by atoms with Crippen molar-refractivity contribution in [2.75, 3.05) is 19.8 Å². The van der Waals surface area contributed by atoms with Crippen LogP contribution in [-0.4, -0.2) is 35.4 Å². The summed E-state index contributed by atoms with van der Waals surface area (Å²) in [7, 11) is 2.04. The molecule has 17 heavy (non-hydrogen) atoms. The maximum Gasteiger partial charge on any atom is 0.109 e. The van der Waals surface area contributed by atoms with Crippen molar-refractivity contribution < 1.29 is 4.74 Å². The molecule has 0 saturated heterocycles. The summed E-state index contributed by atoms with van der Waals surface area (Å²) < 4.78 is 7.51. The molecule has 0 aromatic carbocycles. The Morgan fingerprint density at radius 1 is 1.47 bits per heavy atom. The van der Waals surface area contributed by atoms with E-state index >= 15 is 0 Å². The van der Waals surface area contributed by atoms with Gasteiger partial charge in [0, 0.05) is 45.1 Å². The molecule has 0 radical (unpaired) electrons. The molecule has 1 aromatic heterocycles. The molecule has 0 amide bonds. The van der Waals surface area contributed by atoms with Crippen LogP contribution in [0, 0.1) is 0 Å². The van der Waals surface area contributed by atoms with Crippen molar-refractivity contribution in [2.45, 2.75) is 39.2 Å². The van der Waals surface area contributed by atoms with Gasteiger partial charge in [-0.1, -0.05) is 6.92 Å². The number of imidazole rings is 1. The molecule has 0 aliphatic carbocycles. The van der Waals surface area contributed by atoms with Gasteiger partial charge in [0.1, 0.15) is 5.82 Å². The minimum absolute atomic E-state index is 0.461. The Kier molecular flexibility index (Phi) is 6.89. The van der Waals surface area contributed by atoms with Gasteiger partial charge >= 0.3 is 0 Å². The largest absolute Gasteiger partial charge is 0.382 e. The van der Waals surface area contributed by atoms with Crippen LogP contribution in [0.25, 0.3) is 0 Å². The number of ether oxygens (including phenoxy) is 1. The van der Waals surface area contributed by atoms with Crippen LogP contribution in [0.15, 0.2) is 12.4 Å². The summed E-state index contributed by atoms with van der Waals surface area (Å²) in [6.07, 6.45) is 7.02. The average molecular weight is 239 g/mol. The van der Waals surface area contributed by atoms with E-state index in [0.717, 1.165) is 44.8 Å². The summed E-state index contributed by atoms with van der Waals surface area (Å²) in [5.74, 6) is 1.13. The molecule has 98 valence electrons. The number of aromatic nitrogens is 2. The van der Waals surface area contributed by atoms with E-state index in [0.29, 0.717) is 6.04 Å². The van der Waals surface area contributed by atoms with Crippen LogP contribution in [0.2, 0.25) is 0 Å². The maximum absolute atomic E-state index is 5.43. The first kappa shape index (κ1) is 14.2. The zero-order valence-electron chi connectivity index (χ0n) is 11.3. The third kappa shape index (κ3) is 5.33. The van der Waals surface area contributed by atoms with Crippen LogP contribution in [0.4, 0.5) is 0 Å². The minimum atomic E-state index is 0.461. The Balaban J connectivity index is 2.42. The molecular weight excluding hydrogens is 214 g/mol. The molecule has 1 unspecified atom stereocenters. The van der Waals surface area contributed by atoms with Gasteiger partial charge in [-0.05, 0) is 26.3 Å². The van der Waals surface area contributed by atoms with E-state index in [4.69, 9.17) is 4.74 Å². The van der Waals surface area contributed by atoms with Crippen LogP contribution in [0.5, 0.6) is 0 Å². The third-order valence-electron chi connectivity index (χ3n) is 2.85. The highest BCUT2D eigenvalue weighted by Gasteiger charge is 2.11. The fourth-order valence-electron chi connectivity index (χ4n) is 1.81. The fraction of sp³-hybridized carbons (Fsp3) is 0.769. The average Bonchev–Trinajstić information content (AvgIpc) is 2.72. The summed E-state index contributed by atoms with van der Waals surface area (Å²) >= 11 is 0. The smallest absolute Gasteiger partial charge is 0.109 e. The van der Waals surface area contributed by atoms with E-state index < -0.39 is 0 Å². The van der Waals surface area contributed by atoms with Crippen LogP contribution in [0.3, 0.4) is 0 Å². The van der Waals surface area contributed by atoms with Crippen molar-refractivity contribution in [3.8, 4) is 0 Å². The quantitative estimate of drug-likeness (QED) is 0.667. The number of nitrogens with one attached hydrogen (secondary N) is 1. The summed E-state index contributed by atoms with van der Waals surface area (Å²) in [4.78, 5) is 4.37. The van der Waals surface area contributed by atoms with Crippen molar-refractivity contribution in [1.82, 2.24) is 14.9 Å². The van der Waals surface area contributed by atoms with Gasteiger partial charge in [0.15, 0.2) is 0 Å². The molecule has 0 aliphatic heterocycles. The van der Waals surface area contributed by atoms with Gasteiger partial charge < -0.3 is 14.6 Å². The molecule has 0 bridgehead atoms. The maximum atomic E-state index is 5.43. The lowest BCUT2D eigenvalue weighted by atomic mass is 10.1. The second-order valence-corrected chi connectivity index (χ2v) is 4.30. The molecular formula is C13H25N3O. The molecule has 0 aliphatic rings. The van der Waals surface area contributed by atoms with Gasteiger partial charge in [-0.25, -0.2) is 4.98 Å². The Morgan fingerprint density at radius 2 is 2.29 bits per heavy atom. The summed E-state index contributed by atoms with van der Waals surface area (Å²) in [5.41, 5.74) is 0. The highest BCUT2D eigenvalue weighted by molar-refractivity contribution is 4.94. The monoisotopic (exact) mass is 239 g/mol. The van der Waals surface area contributed by atoms with E-state index in [2.05, 4.69) is 21.8 Å². The van der Waals surface area contributed by atoms with E-state index in [-0.39, 0.29) is 0 Å². The van der Waals surface area contributed by atoms with Gasteiger partial charge in [0.25, 0.3) is 0 Å². The Hall–Kier alpha value is -0.870. The molecule has 0 saturated carbocycles. The lowest BCUT2D eigenvalue weighted by Gasteiger charge is -2.18. The van der Waals surface area contributed by atoms with Crippen molar-refractivity contribution in [3.05, 3.63) is 18.2 Å². The highest BCUT2D eigenvalue weighted by Crippen LogP contribution is 2.04. The lowest BCUT2D eigenvalue weighted by molar-refractivity contribution is 0.136. The van der Waals surface area contributed by atoms with E-state index in [1.165, 1.54) is 0 Å². The van der Waals surface area contributed by atoms with Crippen LogP contribution >= 0.6 is 0 Å². The first-order valence-corrected chi connectivity index (χ1v) is 6.55. The van der Waals surface area contributed by atoms with Gasteiger partial charge in [-0.3, -0.25) is 0 Å². The molecule has 1 heterocycles. The van der Waals surface area contributed by atoms with E-state index in [1.807, 2.05) is 26.4 Å². The van der Waals surface area contributed by atoms with Crippen LogP contribution in [0.1, 0.15) is 32.5 Å². The first-order valence-electron chi connectivity index (χ1n) is 6.55. The van der Waals surface area contributed by atoms with E-state index in [1.54, 1.807) is 0 Å². The Morgan fingerprint density at radius 3 is 2.88 bits per heavy atom. The van der Waals surface area contributed by atoms with Crippen LogP contribution < -0.4 is 5.32 Å². The second kappa shape index (κ2) is 8.25. The molecule has 1 aromatic rings. The first-order chi connectivity index (χ1) is 8.27. The second-order valence-electron chi connectivity index (χ2n) is 4.30. The predicted octanol–water partition coefficient (Wildman–Crippen LogP) is 1.76.